The molecule has 1 heterocycles. The zero-order valence-electron chi connectivity index (χ0n) is 11.2. The van der Waals surface area contributed by atoms with E-state index in [1.165, 1.54) is 0 Å². The Morgan fingerprint density at radius 3 is 2.74 bits per heavy atom. The van der Waals surface area contributed by atoms with Gasteiger partial charge in [-0.05, 0) is 12.3 Å². The second kappa shape index (κ2) is 5.82. The van der Waals surface area contributed by atoms with Gasteiger partial charge in [-0.1, -0.05) is 13.8 Å². The maximum Gasteiger partial charge on any atom is 0.182 e. The van der Waals surface area contributed by atoms with Crippen molar-refractivity contribution in [3.63, 3.8) is 0 Å². The van der Waals surface area contributed by atoms with Crippen LogP contribution in [0, 0.1) is 23.4 Å². The number of hydrogen-bond donors (Lipinski definition) is 1. The Bertz CT molecular complexity index is 449. The van der Waals surface area contributed by atoms with Crippen molar-refractivity contribution in [2.45, 2.75) is 26.3 Å². The molecule has 1 aliphatic rings. The summed E-state index contributed by atoms with van der Waals surface area (Å²) in [7, 11) is 0. The van der Waals surface area contributed by atoms with Gasteiger partial charge < -0.3 is 10.2 Å². The normalized spacial score (nSPS) is 20.1. The molecule has 1 aliphatic heterocycles. The second-order valence-electron chi connectivity index (χ2n) is 5.45. The van der Waals surface area contributed by atoms with Gasteiger partial charge in [-0.25, -0.2) is 13.2 Å². The lowest BCUT2D eigenvalue weighted by atomic mass is 10.0. The fraction of sp³-hybridized carbons (Fsp3) is 0.571. The smallest absolute Gasteiger partial charge is 0.182 e. The maximum absolute atomic E-state index is 13.8. The van der Waals surface area contributed by atoms with Crippen molar-refractivity contribution in [3.8, 4) is 0 Å². The summed E-state index contributed by atoms with van der Waals surface area (Å²) in [6, 6.07) is 1.86. The van der Waals surface area contributed by atoms with Gasteiger partial charge in [-0.2, -0.15) is 0 Å². The highest BCUT2D eigenvalue weighted by atomic mass is 19.2. The van der Waals surface area contributed by atoms with Crippen LogP contribution in [0.15, 0.2) is 12.1 Å². The molecule has 106 valence electrons. The summed E-state index contributed by atoms with van der Waals surface area (Å²) in [5.74, 6) is -2.32. The summed E-state index contributed by atoms with van der Waals surface area (Å²) < 4.78 is 40.2. The van der Waals surface area contributed by atoms with E-state index in [1.807, 2.05) is 0 Å². The first-order valence-corrected chi connectivity index (χ1v) is 6.60. The molecule has 1 N–H and O–H groups in total. The standard InChI is InChI=1S/C14H19F3N2/c1-9(2)5-11-8-19(4-3-18-11)13-7-10(15)6-12(16)14(13)17/h6-7,9,11,18H,3-5,8H2,1-2H3. The lowest BCUT2D eigenvalue weighted by Gasteiger charge is -2.36. The number of piperazine rings is 1. The van der Waals surface area contributed by atoms with Crippen LogP contribution in [0.2, 0.25) is 0 Å². The number of hydrogen-bond acceptors (Lipinski definition) is 2. The first-order chi connectivity index (χ1) is 8.97. The van der Waals surface area contributed by atoms with Crippen molar-refractivity contribution in [1.29, 1.82) is 0 Å². The Balaban J connectivity index is 2.17. The van der Waals surface area contributed by atoms with Crippen LogP contribution in [-0.2, 0) is 0 Å². The molecule has 0 amide bonds. The van der Waals surface area contributed by atoms with Gasteiger partial charge in [0.05, 0.1) is 5.69 Å². The fourth-order valence-corrected chi connectivity index (χ4v) is 2.54. The minimum absolute atomic E-state index is 0.0211. The van der Waals surface area contributed by atoms with E-state index in [9.17, 15) is 13.2 Å². The number of rotatable bonds is 3. The predicted molar refractivity (Wildman–Crippen MR) is 69.8 cm³/mol. The highest BCUT2D eigenvalue weighted by Crippen LogP contribution is 2.25. The van der Waals surface area contributed by atoms with Gasteiger partial charge in [-0.3, -0.25) is 0 Å². The maximum atomic E-state index is 13.8. The molecule has 1 aromatic rings. The first-order valence-electron chi connectivity index (χ1n) is 6.60. The van der Waals surface area contributed by atoms with Crippen LogP contribution < -0.4 is 10.2 Å². The summed E-state index contributed by atoms with van der Waals surface area (Å²) in [4.78, 5) is 1.71. The predicted octanol–water partition coefficient (Wildman–Crippen LogP) is 2.93. The molecule has 2 nitrogen and oxygen atoms in total. The van der Waals surface area contributed by atoms with Gasteiger partial charge >= 0.3 is 0 Å². The van der Waals surface area contributed by atoms with E-state index in [4.69, 9.17) is 0 Å². The average Bonchev–Trinajstić information content (AvgIpc) is 2.33. The van der Waals surface area contributed by atoms with Gasteiger partial charge in [-0.15, -0.1) is 0 Å². The van der Waals surface area contributed by atoms with Gasteiger partial charge in [0, 0.05) is 37.8 Å². The third-order valence-corrected chi connectivity index (χ3v) is 3.33. The van der Waals surface area contributed by atoms with Crippen LogP contribution in [-0.4, -0.2) is 25.7 Å². The Morgan fingerprint density at radius 2 is 2.05 bits per heavy atom. The Hall–Kier alpha value is -1.23. The molecule has 1 aromatic carbocycles. The van der Waals surface area contributed by atoms with Gasteiger partial charge in [0.2, 0.25) is 0 Å². The number of nitrogens with one attached hydrogen (secondary N) is 1. The quantitative estimate of drug-likeness (QED) is 0.851. The molecule has 1 saturated heterocycles. The molecule has 0 aromatic heterocycles. The molecule has 1 atom stereocenters. The molecule has 19 heavy (non-hydrogen) atoms. The summed E-state index contributed by atoms with van der Waals surface area (Å²) in [5.41, 5.74) is 0.0211. The zero-order chi connectivity index (χ0) is 14.0. The molecule has 1 unspecified atom stereocenters. The van der Waals surface area contributed by atoms with Crippen molar-refractivity contribution in [1.82, 2.24) is 5.32 Å². The monoisotopic (exact) mass is 272 g/mol. The lowest BCUT2D eigenvalue weighted by molar-refractivity contribution is 0.384. The van der Waals surface area contributed by atoms with E-state index >= 15 is 0 Å². The Kier molecular flexibility index (Phi) is 4.34. The Labute approximate surface area is 111 Å². The highest BCUT2D eigenvalue weighted by Gasteiger charge is 2.24. The van der Waals surface area contributed by atoms with Crippen molar-refractivity contribution < 1.29 is 13.2 Å². The van der Waals surface area contributed by atoms with E-state index in [2.05, 4.69) is 19.2 Å². The first kappa shape index (κ1) is 14.2. The minimum atomic E-state index is -1.13. The molecule has 0 saturated carbocycles. The van der Waals surface area contributed by atoms with E-state index in [0.29, 0.717) is 31.6 Å². The molecule has 2 rings (SSSR count). The molecule has 1 fully saturated rings. The van der Waals surface area contributed by atoms with Crippen LogP contribution >= 0.6 is 0 Å². The summed E-state index contributed by atoms with van der Waals surface area (Å²) >= 11 is 0. The second-order valence-corrected chi connectivity index (χ2v) is 5.45. The minimum Gasteiger partial charge on any atom is -0.366 e. The van der Waals surface area contributed by atoms with E-state index in [-0.39, 0.29) is 11.7 Å². The largest absolute Gasteiger partial charge is 0.366 e. The van der Waals surface area contributed by atoms with E-state index in [0.717, 1.165) is 12.5 Å². The van der Waals surface area contributed by atoms with Gasteiger partial charge in [0.1, 0.15) is 5.82 Å². The molecule has 0 aliphatic carbocycles. The molecular weight excluding hydrogens is 253 g/mol. The Morgan fingerprint density at radius 1 is 1.32 bits per heavy atom. The highest BCUT2D eigenvalue weighted by molar-refractivity contribution is 5.49. The number of anilines is 1. The topological polar surface area (TPSA) is 15.3 Å². The number of benzene rings is 1. The third kappa shape index (κ3) is 3.41. The summed E-state index contributed by atoms with van der Waals surface area (Å²) in [5, 5.41) is 3.35. The molecule has 0 spiro atoms. The molecule has 0 radical (unpaired) electrons. The molecular formula is C14H19F3N2. The van der Waals surface area contributed by atoms with Crippen LogP contribution in [0.25, 0.3) is 0 Å². The lowest BCUT2D eigenvalue weighted by Crippen LogP contribution is -2.51. The van der Waals surface area contributed by atoms with Crippen LogP contribution in [0.5, 0.6) is 0 Å². The van der Waals surface area contributed by atoms with Crippen LogP contribution in [0.4, 0.5) is 18.9 Å². The summed E-state index contributed by atoms with van der Waals surface area (Å²) in [6.07, 6.45) is 0.954. The van der Waals surface area contributed by atoms with E-state index in [1.54, 1.807) is 4.90 Å². The SMILES string of the molecule is CC(C)CC1CN(c2cc(F)cc(F)c2F)CCN1. The van der Waals surface area contributed by atoms with Crippen molar-refractivity contribution >= 4 is 5.69 Å². The van der Waals surface area contributed by atoms with Gasteiger partial charge in [0.15, 0.2) is 11.6 Å². The average molecular weight is 272 g/mol. The van der Waals surface area contributed by atoms with Gasteiger partial charge in [0.25, 0.3) is 0 Å². The molecule has 5 heteroatoms. The third-order valence-electron chi connectivity index (χ3n) is 3.33. The van der Waals surface area contributed by atoms with E-state index < -0.39 is 17.5 Å². The fourth-order valence-electron chi connectivity index (χ4n) is 2.54. The van der Waals surface area contributed by atoms with Crippen molar-refractivity contribution in [2.75, 3.05) is 24.5 Å². The zero-order valence-corrected chi connectivity index (χ0v) is 11.2. The van der Waals surface area contributed by atoms with Crippen LogP contribution in [0.3, 0.4) is 0 Å². The van der Waals surface area contributed by atoms with Crippen molar-refractivity contribution in [2.24, 2.45) is 5.92 Å². The number of halogens is 3. The number of nitrogens with zero attached hydrogens (tertiary/aromatic N) is 1. The van der Waals surface area contributed by atoms with Crippen molar-refractivity contribution in [3.05, 3.63) is 29.6 Å². The summed E-state index contributed by atoms with van der Waals surface area (Å²) in [6.45, 7) is 6.04. The van der Waals surface area contributed by atoms with Crippen LogP contribution in [0.1, 0.15) is 20.3 Å². The molecule has 0 bridgehead atoms.